The highest BCUT2D eigenvalue weighted by molar-refractivity contribution is 5.99. The van der Waals surface area contributed by atoms with Gasteiger partial charge in [-0.1, -0.05) is 12.1 Å². The van der Waals surface area contributed by atoms with Gasteiger partial charge in [-0.15, -0.1) is 0 Å². The SMILES string of the molecule is O=C(NO)c1cc2n(c1)CCCN(Cc1ccc(F)cc1)C2=O. The van der Waals surface area contributed by atoms with Gasteiger partial charge in [-0.3, -0.25) is 14.8 Å². The largest absolute Gasteiger partial charge is 0.343 e. The second kappa shape index (κ2) is 6.21. The standard InChI is InChI=1S/C16H16FN3O3/c17-13-4-2-11(3-5-13)9-20-7-1-6-19-10-12(15(21)18-23)8-14(19)16(20)22/h2-5,8,10,23H,1,6-7,9H2,(H,18,21). The van der Waals surface area contributed by atoms with Gasteiger partial charge in [0.05, 0.1) is 5.56 Å². The molecule has 0 fully saturated rings. The predicted octanol–water partition coefficient (Wildman–Crippen LogP) is 1.79. The first-order chi connectivity index (χ1) is 11.1. The van der Waals surface area contributed by atoms with Crippen LogP contribution in [0.4, 0.5) is 4.39 Å². The number of amides is 2. The number of hydrogen-bond donors (Lipinski definition) is 2. The molecule has 6 nitrogen and oxygen atoms in total. The summed E-state index contributed by atoms with van der Waals surface area (Å²) in [4.78, 5) is 25.8. The number of carbonyl (C=O) groups is 2. The minimum Gasteiger partial charge on any atom is -0.343 e. The molecule has 0 bridgehead atoms. The Kier molecular flexibility index (Phi) is 4.12. The molecule has 1 aliphatic heterocycles. The maximum absolute atomic E-state index is 13.0. The van der Waals surface area contributed by atoms with Crippen molar-refractivity contribution in [3.8, 4) is 0 Å². The van der Waals surface area contributed by atoms with Crippen LogP contribution >= 0.6 is 0 Å². The van der Waals surface area contributed by atoms with E-state index in [9.17, 15) is 14.0 Å². The Hall–Kier alpha value is -2.67. The third-order valence-electron chi connectivity index (χ3n) is 3.88. The normalized spacial score (nSPS) is 14.3. The van der Waals surface area contributed by atoms with Crippen LogP contribution in [0, 0.1) is 5.82 Å². The number of benzene rings is 1. The number of fused-ring (bicyclic) bond motifs is 1. The van der Waals surface area contributed by atoms with Crippen molar-refractivity contribution in [1.29, 1.82) is 0 Å². The van der Waals surface area contributed by atoms with E-state index in [0.717, 1.165) is 12.0 Å². The Bertz CT molecular complexity index is 740. The lowest BCUT2D eigenvalue weighted by molar-refractivity contribution is 0.0706. The first kappa shape index (κ1) is 15.2. The van der Waals surface area contributed by atoms with Crippen LogP contribution in [0.25, 0.3) is 0 Å². The zero-order valence-corrected chi connectivity index (χ0v) is 12.3. The zero-order valence-electron chi connectivity index (χ0n) is 12.3. The van der Waals surface area contributed by atoms with E-state index in [1.165, 1.54) is 18.2 Å². The number of carbonyl (C=O) groups excluding carboxylic acids is 2. The number of nitrogens with zero attached hydrogens (tertiary/aromatic N) is 2. The highest BCUT2D eigenvalue weighted by Crippen LogP contribution is 2.18. The van der Waals surface area contributed by atoms with E-state index in [1.807, 2.05) is 0 Å². The van der Waals surface area contributed by atoms with E-state index in [0.29, 0.717) is 25.3 Å². The van der Waals surface area contributed by atoms with E-state index in [-0.39, 0.29) is 17.3 Å². The average Bonchev–Trinajstić information content (AvgIpc) is 2.93. The lowest BCUT2D eigenvalue weighted by Crippen LogP contribution is -2.30. The van der Waals surface area contributed by atoms with Crippen molar-refractivity contribution in [2.45, 2.75) is 19.5 Å². The quantitative estimate of drug-likeness (QED) is 0.669. The molecule has 0 radical (unpaired) electrons. The molecule has 2 aromatic rings. The fourth-order valence-electron chi connectivity index (χ4n) is 2.72. The summed E-state index contributed by atoms with van der Waals surface area (Å²) in [7, 11) is 0. The molecule has 2 heterocycles. The molecule has 0 spiro atoms. The van der Waals surface area contributed by atoms with E-state index in [1.54, 1.807) is 33.3 Å². The third kappa shape index (κ3) is 3.09. The van der Waals surface area contributed by atoms with Crippen molar-refractivity contribution < 1.29 is 19.2 Å². The number of rotatable bonds is 3. The Morgan fingerprint density at radius 2 is 2.00 bits per heavy atom. The molecule has 3 rings (SSSR count). The fourth-order valence-corrected chi connectivity index (χ4v) is 2.72. The lowest BCUT2D eigenvalue weighted by Gasteiger charge is -2.20. The van der Waals surface area contributed by atoms with Gasteiger partial charge < -0.3 is 9.47 Å². The molecular weight excluding hydrogens is 301 g/mol. The molecule has 120 valence electrons. The van der Waals surface area contributed by atoms with E-state index in [2.05, 4.69) is 0 Å². The van der Waals surface area contributed by atoms with Gasteiger partial charge in [0.1, 0.15) is 11.5 Å². The number of aryl methyl sites for hydroxylation is 1. The van der Waals surface area contributed by atoms with Gasteiger partial charge in [-0.05, 0) is 30.2 Å². The van der Waals surface area contributed by atoms with Crippen LogP contribution in [0.5, 0.6) is 0 Å². The summed E-state index contributed by atoms with van der Waals surface area (Å²) in [5.74, 6) is -1.16. The Morgan fingerprint density at radius 3 is 2.70 bits per heavy atom. The van der Waals surface area contributed by atoms with Crippen molar-refractivity contribution in [1.82, 2.24) is 14.9 Å². The first-order valence-corrected chi connectivity index (χ1v) is 7.27. The third-order valence-corrected chi connectivity index (χ3v) is 3.88. The minimum atomic E-state index is -0.650. The van der Waals surface area contributed by atoms with E-state index < -0.39 is 5.91 Å². The number of nitrogens with one attached hydrogen (secondary N) is 1. The monoisotopic (exact) mass is 317 g/mol. The highest BCUT2D eigenvalue weighted by atomic mass is 19.1. The lowest BCUT2D eigenvalue weighted by atomic mass is 10.2. The molecule has 0 atom stereocenters. The van der Waals surface area contributed by atoms with Crippen LogP contribution in [-0.4, -0.2) is 33.0 Å². The number of hydrogen-bond acceptors (Lipinski definition) is 3. The molecule has 2 N–H and O–H groups in total. The number of hydroxylamine groups is 1. The molecule has 0 aliphatic carbocycles. The van der Waals surface area contributed by atoms with E-state index >= 15 is 0 Å². The smallest absolute Gasteiger partial charge is 0.276 e. The van der Waals surface area contributed by atoms with Crippen LogP contribution in [0.15, 0.2) is 36.5 Å². The Labute approximate surface area is 132 Å². The summed E-state index contributed by atoms with van der Waals surface area (Å²) >= 11 is 0. The summed E-state index contributed by atoms with van der Waals surface area (Å²) in [5, 5.41) is 8.71. The highest BCUT2D eigenvalue weighted by Gasteiger charge is 2.25. The Morgan fingerprint density at radius 1 is 1.26 bits per heavy atom. The summed E-state index contributed by atoms with van der Waals surface area (Å²) in [6.07, 6.45) is 2.30. The molecule has 7 heteroatoms. The number of halogens is 1. The van der Waals surface area contributed by atoms with Crippen molar-refractivity contribution in [3.63, 3.8) is 0 Å². The van der Waals surface area contributed by atoms with Crippen molar-refractivity contribution in [3.05, 3.63) is 59.2 Å². The van der Waals surface area contributed by atoms with Crippen LogP contribution in [-0.2, 0) is 13.1 Å². The molecule has 1 aliphatic rings. The second-order valence-electron chi connectivity index (χ2n) is 5.46. The van der Waals surface area contributed by atoms with Gasteiger partial charge in [-0.25, -0.2) is 9.87 Å². The zero-order chi connectivity index (χ0) is 16.4. The van der Waals surface area contributed by atoms with Crippen LogP contribution < -0.4 is 5.48 Å². The maximum Gasteiger partial charge on any atom is 0.276 e. The van der Waals surface area contributed by atoms with Gasteiger partial charge in [-0.2, -0.15) is 0 Å². The molecular formula is C16H16FN3O3. The second-order valence-corrected chi connectivity index (χ2v) is 5.46. The fraction of sp³-hybridized carbons (Fsp3) is 0.250. The summed E-state index contributed by atoms with van der Waals surface area (Å²) in [6.45, 7) is 1.57. The van der Waals surface area contributed by atoms with Gasteiger partial charge in [0.15, 0.2) is 0 Å². The molecule has 1 aromatic carbocycles. The molecule has 0 unspecified atom stereocenters. The Balaban J connectivity index is 1.84. The molecule has 1 aromatic heterocycles. The van der Waals surface area contributed by atoms with Crippen molar-refractivity contribution >= 4 is 11.8 Å². The molecule has 0 saturated carbocycles. The first-order valence-electron chi connectivity index (χ1n) is 7.27. The molecule has 23 heavy (non-hydrogen) atoms. The van der Waals surface area contributed by atoms with Crippen LogP contribution in [0.1, 0.15) is 32.8 Å². The summed E-state index contributed by atoms with van der Waals surface area (Å²) in [5.41, 5.74) is 3.05. The van der Waals surface area contributed by atoms with Gasteiger partial charge >= 0.3 is 0 Å². The topological polar surface area (TPSA) is 74.6 Å². The predicted molar refractivity (Wildman–Crippen MR) is 79.4 cm³/mol. The van der Waals surface area contributed by atoms with Crippen molar-refractivity contribution in [2.24, 2.45) is 0 Å². The van der Waals surface area contributed by atoms with E-state index in [4.69, 9.17) is 5.21 Å². The summed E-state index contributed by atoms with van der Waals surface area (Å²) < 4.78 is 14.7. The number of aromatic nitrogens is 1. The maximum atomic E-state index is 13.0. The summed E-state index contributed by atoms with van der Waals surface area (Å²) in [6, 6.07) is 7.50. The van der Waals surface area contributed by atoms with Gasteiger partial charge in [0, 0.05) is 25.8 Å². The van der Waals surface area contributed by atoms with Crippen molar-refractivity contribution in [2.75, 3.05) is 6.54 Å². The van der Waals surface area contributed by atoms with Gasteiger partial charge in [0.2, 0.25) is 0 Å². The van der Waals surface area contributed by atoms with Crippen LogP contribution in [0.3, 0.4) is 0 Å². The van der Waals surface area contributed by atoms with Gasteiger partial charge in [0.25, 0.3) is 11.8 Å². The van der Waals surface area contributed by atoms with Crippen LogP contribution in [0.2, 0.25) is 0 Å². The average molecular weight is 317 g/mol. The minimum absolute atomic E-state index is 0.191. The molecule has 2 amide bonds. The molecule has 0 saturated heterocycles.